The van der Waals surface area contributed by atoms with Gasteiger partial charge in [-0.2, -0.15) is 0 Å². The second-order valence-corrected chi connectivity index (χ2v) is 3.75. The number of aromatic amines is 1. The van der Waals surface area contributed by atoms with Crippen molar-refractivity contribution in [2.45, 2.75) is 13.0 Å². The maximum atomic E-state index is 9.57. The van der Waals surface area contributed by atoms with Crippen molar-refractivity contribution < 1.29 is 10.2 Å². The average Bonchev–Trinajstić information content (AvgIpc) is 2.83. The predicted octanol–water partition coefficient (Wildman–Crippen LogP) is 1.15. The van der Waals surface area contributed by atoms with Crippen molar-refractivity contribution >= 4 is 0 Å². The maximum absolute atomic E-state index is 9.57. The lowest BCUT2D eigenvalue weighted by atomic mass is 10.2. The van der Waals surface area contributed by atoms with Gasteiger partial charge in [-0.05, 0) is 6.07 Å². The van der Waals surface area contributed by atoms with Crippen LogP contribution in [0.2, 0.25) is 0 Å². The van der Waals surface area contributed by atoms with E-state index in [1.165, 1.54) is 6.07 Å². The molecule has 1 aromatic heterocycles. The van der Waals surface area contributed by atoms with Crippen LogP contribution in [-0.2, 0) is 13.0 Å². The van der Waals surface area contributed by atoms with Crippen LogP contribution in [0.3, 0.4) is 0 Å². The molecule has 0 radical (unpaired) electrons. The Kier molecular flexibility index (Phi) is 3.62. The van der Waals surface area contributed by atoms with E-state index in [1.54, 1.807) is 24.5 Å². The Balaban J connectivity index is 1.80. The predicted molar refractivity (Wildman–Crippen MR) is 63.8 cm³/mol. The van der Waals surface area contributed by atoms with Gasteiger partial charge >= 0.3 is 0 Å². The molecule has 17 heavy (non-hydrogen) atoms. The fourth-order valence-corrected chi connectivity index (χ4v) is 1.58. The van der Waals surface area contributed by atoms with E-state index < -0.39 is 0 Å². The Hall–Kier alpha value is -2.01. The minimum atomic E-state index is -0.0877. The van der Waals surface area contributed by atoms with E-state index in [2.05, 4.69) is 15.3 Å². The third-order valence-electron chi connectivity index (χ3n) is 2.51. The molecule has 5 nitrogen and oxygen atoms in total. The van der Waals surface area contributed by atoms with Gasteiger partial charge in [0.05, 0.1) is 0 Å². The Labute approximate surface area is 99.2 Å². The van der Waals surface area contributed by atoms with Gasteiger partial charge in [0.1, 0.15) is 5.82 Å². The quantitative estimate of drug-likeness (QED) is 0.461. The molecule has 0 aliphatic heterocycles. The van der Waals surface area contributed by atoms with Crippen LogP contribution < -0.4 is 5.32 Å². The maximum Gasteiger partial charge on any atom is 0.161 e. The number of benzene rings is 1. The van der Waals surface area contributed by atoms with Crippen molar-refractivity contribution in [3.8, 4) is 11.5 Å². The van der Waals surface area contributed by atoms with Gasteiger partial charge in [0.2, 0.25) is 0 Å². The molecular weight excluding hydrogens is 218 g/mol. The minimum absolute atomic E-state index is 0.0574. The number of imidazole rings is 1. The zero-order chi connectivity index (χ0) is 12.1. The van der Waals surface area contributed by atoms with Gasteiger partial charge in [0.15, 0.2) is 11.5 Å². The van der Waals surface area contributed by atoms with Gasteiger partial charge in [-0.1, -0.05) is 12.1 Å². The molecule has 1 aromatic carbocycles. The molecule has 0 bridgehead atoms. The summed E-state index contributed by atoms with van der Waals surface area (Å²) in [5.41, 5.74) is 0.685. The molecule has 0 aliphatic carbocycles. The third-order valence-corrected chi connectivity index (χ3v) is 2.51. The summed E-state index contributed by atoms with van der Waals surface area (Å²) in [7, 11) is 0. The lowest BCUT2D eigenvalue weighted by molar-refractivity contribution is 0.398. The first-order valence-corrected chi connectivity index (χ1v) is 5.46. The van der Waals surface area contributed by atoms with Crippen molar-refractivity contribution in [1.82, 2.24) is 15.3 Å². The fourth-order valence-electron chi connectivity index (χ4n) is 1.58. The normalized spacial score (nSPS) is 10.6. The molecule has 0 fully saturated rings. The number of rotatable bonds is 5. The molecule has 2 aromatic rings. The van der Waals surface area contributed by atoms with Crippen LogP contribution in [0.4, 0.5) is 0 Å². The Morgan fingerprint density at radius 3 is 2.94 bits per heavy atom. The van der Waals surface area contributed by atoms with Crippen LogP contribution in [0, 0.1) is 0 Å². The van der Waals surface area contributed by atoms with Crippen molar-refractivity contribution in [2.75, 3.05) is 6.54 Å². The summed E-state index contributed by atoms with van der Waals surface area (Å²) >= 11 is 0. The first-order chi connectivity index (χ1) is 8.27. The molecule has 90 valence electrons. The Bertz CT molecular complexity index is 469. The lowest BCUT2D eigenvalue weighted by Crippen LogP contribution is -2.17. The zero-order valence-electron chi connectivity index (χ0n) is 9.35. The SMILES string of the molecule is Oc1cccc(CNCCc2ncc[nH]2)c1O. The van der Waals surface area contributed by atoms with Crippen LogP contribution in [0.25, 0.3) is 0 Å². The van der Waals surface area contributed by atoms with Gasteiger partial charge in [-0.3, -0.25) is 0 Å². The van der Waals surface area contributed by atoms with Gasteiger partial charge in [0, 0.05) is 37.5 Å². The number of hydrogen-bond donors (Lipinski definition) is 4. The smallest absolute Gasteiger partial charge is 0.161 e. The topological polar surface area (TPSA) is 81.2 Å². The molecular formula is C12H15N3O2. The number of aromatic nitrogens is 2. The summed E-state index contributed by atoms with van der Waals surface area (Å²) in [4.78, 5) is 7.12. The van der Waals surface area contributed by atoms with Gasteiger partial charge in [-0.15, -0.1) is 0 Å². The number of phenols is 2. The zero-order valence-corrected chi connectivity index (χ0v) is 9.35. The second-order valence-electron chi connectivity index (χ2n) is 3.75. The van der Waals surface area contributed by atoms with Gasteiger partial charge in [-0.25, -0.2) is 4.98 Å². The fraction of sp³-hybridized carbons (Fsp3) is 0.250. The number of phenolic OH excluding ortho intramolecular Hbond substituents is 2. The molecule has 0 saturated heterocycles. The van der Waals surface area contributed by atoms with E-state index in [-0.39, 0.29) is 11.5 Å². The van der Waals surface area contributed by atoms with Crippen LogP contribution >= 0.6 is 0 Å². The Morgan fingerprint density at radius 1 is 1.29 bits per heavy atom. The van der Waals surface area contributed by atoms with Crippen molar-refractivity contribution in [3.63, 3.8) is 0 Å². The van der Waals surface area contributed by atoms with Crippen molar-refractivity contribution in [1.29, 1.82) is 0 Å². The summed E-state index contributed by atoms with van der Waals surface area (Å²) in [6.45, 7) is 1.27. The molecule has 0 saturated carbocycles. The van der Waals surface area contributed by atoms with E-state index in [0.717, 1.165) is 18.8 Å². The number of nitrogens with one attached hydrogen (secondary N) is 2. The number of H-pyrrole nitrogens is 1. The molecule has 1 heterocycles. The van der Waals surface area contributed by atoms with E-state index in [1.807, 2.05) is 0 Å². The molecule has 4 N–H and O–H groups in total. The summed E-state index contributed by atoms with van der Waals surface area (Å²) in [5.74, 6) is 0.783. The van der Waals surface area contributed by atoms with Crippen LogP contribution in [0.1, 0.15) is 11.4 Å². The molecule has 0 aliphatic rings. The first kappa shape index (κ1) is 11.5. The van der Waals surface area contributed by atoms with E-state index in [9.17, 15) is 10.2 Å². The number of para-hydroxylation sites is 1. The summed E-state index contributed by atoms with van der Waals surface area (Å²) in [6, 6.07) is 4.94. The molecule has 0 amide bonds. The van der Waals surface area contributed by atoms with Crippen LogP contribution in [0.5, 0.6) is 11.5 Å². The summed E-state index contributed by atoms with van der Waals surface area (Å²) in [6.07, 6.45) is 4.30. The van der Waals surface area contributed by atoms with E-state index in [4.69, 9.17) is 0 Å². The van der Waals surface area contributed by atoms with Crippen LogP contribution in [-0.4, -0.2) is 26.7 Å². The average molecular weight is 233 g/mol. The molecule has 2 rings (SSSR count). The van der Waals surface area contributed by atoms with Gasteiger partial charge in [0.25, 0.3) is 0 Å². The van der Waals surface area contributed by atoms with E-state index >= 15 is 0 Å². The van der Waals surface area contributed by atoms with Crippen LogP contribution in [0.15, 0.2) is 30.6 Å². The molecule has 0 atom stereocenters. The highest BCUT2D eigenvalue weighted by Crippen LogP contribution is 2.27. The monoisotopic (exact) mass is 233 g/mol. The van der Waals surface area contributed by atoms with Crippen molar-refractivity contribution in [3.05, 3.63) is 42.0 Å². The second kappa shape index (κ2) is 5.36. The van der Waals surface area contributed by atoms with E-state index in [0.29, 0.717) is 12.1 Å². The number of aromatic hydroxyl groups is 2. The highest BCUT2D eigenvalue weighted by atomic mass is 16.3. The highest BCUT2D eigenvalue weighted by Gasteiger charge is 2.04. The first-order valence-electron chi connectivity index (χ1n) is 5.46. The molecule has 0 unspecified atom stereocenters. The highest BCUT2D eigenvalue weighted by molar-refractivity contribution is 5.44. The molecule has 0 spiro atoms. The third kappa shape index (κ3) is 2.98. The standard InChI is InChI=1S/C12H15N3O2/c16-10-3-1-2-9(12(10)17)8-13-5-4-11-14-6-7-15-11/h1-3,6-7,13,16-17H,4-5,8H2,(H,14,15). The summed E-state index contributed by atoms with van der Waals surface area (Å²) < 4.78 is 0. The number of nitrogens with zero attached hydrogens (tertiary/aromatic N) is 1. The lowest BCUT2D eigenvalue weighted by Gasteiger charge is -2.07. The largest absolute Gasteiger partial charge is 0.504 e. The number of hydrogen-bond acceptors (Lipinski definition) is 4. The molecule has 5 heteroatoms. The Morgan fingerprint density at radius 2 is 2.18 bits per heavy atom. The summed E-state index contributed by atoms with van der Waals surface area (Å²) in [5, 5.41) is 22.1. The van der Waals surface area contributed by atoms with Gasteiger partial charge < -0.3 is 20.5 Å². The minimum Gasteiger partial charge on any atom is -0.504 e. The van der Waals surface area contributed by atoms with Crippen molar-refractivity contribution in [2.24, 2.45) is 0 Å².